The lowest BCUT2D eigenvalue weighted by Gasteiger charge is -2.03. The summed E-state index contributed by atoms with van der Waals surface area (Å²) in [5.74, 6) is 0.516. The molecule has 0 bridgehead atoms. The molecule has 0 atom stereocenters. The molecule has 3 rings (SSSR count). The molecule has 8 nitrogen and oxygen atoms in total. The van der Waals surface area contributed by atoms with Gasteiger partial charge in [0.05, 0.1) is 13.3 Å². The summed E-state index contributed by atoms with van der Waals surface area (Å²) in [6.07, 6.45) is 6.71. The first-order chi connectivity index (χ1) is 9.70. The van der Waals surface area contributed by atoms with E-state index in [0.717, 1.165) is 12.8 Å². The number of nitrogens with one attached hydrogen (secondary N) is 1. The zero-order chi connectivity index (χ0) is 14.1. The lowest BCUT2D eigenvalue weighted by atomic mass is 10.3. The van der Waals surface area contributed by atoms with Gasteiger partial charge in [-0.05, 0) is 12.8 Å². The fourth-order valence-electron chi connectivity index (χ4n) is 1.83. The minimum atomic E-state index is -0.527. The maximum atomic E-state index is 11.9. The van der Waals surface area contributed by atoms with Gasteiger partial charge in [0.15, 0.2) is 11.6 Å². The van der Waals surface area contributed by atoms with Crippen LogP contribution in [0.3, 0.4) is 0 Å². The average molecular weight is 274 g/mol. The van der Waals surface area contributed by atoms with Crippen LogP contribution in [0.5, 0.6) is 0 Å². The van der Waals surface area contributed by atoms with Gasteiger partial charge in [-0.15, -0.1) is 5.10 Å². The maximum absolute atomic E-state index is 11.9. The maximum Gasteiger partial charge on any atom is 0.345 e. The van der Waals surface area contributed by atoms with Crippen LogP contribution in [0, 0.1) is 0 Å². The monoisotopic (exact) mass is 274 g/mol. The minimum Gasteiger partial charge on any atom is -0.465 e. The van der Waals surface area contributed by atoms with E-state index < -0.39 is 5.97 Å². The molecule has 0 aromatic carbocycles. The summed E-state index contributed by atoms with van der Waals surface area (Å²) >= 11 is 0. The summed E-state index contributed by atoms with van der Waals surface area (Å²) in [5, 5.41) is 7.48. The second-order valence-electron chi connectivity index (χ2n) is 4.49. The molecule has 0 saturated heterocycles. The van der Waals surface area contributed by atoms with Crippen molar-refractivity contribution in [3.8, 4) is 5.82 Å². The van der Waals surface area contributed by atoms with Crippen LogP contribution in [0.25, 0.3) is 5.82 Å². The molecular formula is C12H14N6O2. The topological polar surface area (TPSA) is 108 Å². The minimum absolute atomic E-state index is 0.181. The Balaban J connectivity index is 2.07. The van der Waals surface area contributed by atoms with Gasteiger partial charge in [-0.1, -0.05) is 0 Å². The molecule has 1 aliphatic rings. The average Bonchev–Trinajstić information content (AvgIpc) is 3.22. The Hall–Kier alpha value is -2.64. The van der Waals surface area contributed by atoms with Crippen LogP contribution < -0.4 is 11.1 Å². The van der Waals surface area contributed by atoms with Gasteiger partial charge in [0, 0.05) is 18.4 Å². The van der Waals surface area contributed by atoms with Crippen molar-refractivity contribution in [2.45, 2.75) is 18.9 Å². The fraction of sp³-hybridized carbons (Fsp3) is 0.333. The van der Waals surface area contributed by atoms with Crippen molar-refractivity contribution >= 4 is 17.6 Å². The van der Waals surface area contributed by atoms with Crippen LogP contribution >= 0.6 is 0 Å². The predicted octanol–water partition coefficient (Wildman–Crippen LogP) is 0.605. The SMILES string of the molecule is COC(=O)c1c(NC2CC2)nn(-c2cnccn2)c1N. The molecule has 0 aliphatic heterocycles. The fourth-order valence-corrected chi connectivity index (χ4v) is 1.83. The molecule has 2 aromatic heterocycles. The van der Waals surface area contributed by atoms with Crippen molar-refractivity contribution in [1.82, 2.24) is 19.7 Å². The van der Waals surface area contributed by atoms with E-state index in [0.29, 0.717) is 17.7 Å². The van der Waals surface area contributed by atoms with Crippen LogP contribution in [-0.2, 0) is 4.74 Å². The number of rotatable bonds is 4. The Labute approximate surface area is 115 Å². The quantitative estimate of drug-likeness (QED) is 0.786. The van der Waals surface area contributed by atoms with Crippen molar-refractivity contribution in [2.24, 2.45) is 0 Å². The van der Waals surface area contributed by atoms with E-state index in [1.807, 2.05) is 0 Å². The number of carbonyl (C=O) groups excluding carboxylic acids is 1. The van der Waals surface area contributed by atoms with Gasteiger partial charge in [-0.25, -0.2) is 9.78 Å². The predicted molar refractivity (Wildman–Crippen MR) is 71.6 cm³/mol. The Morgan fingerprint density at radius 1 is 1.50 bits per heavy atom. The highest BCUT2D eigenvalue weighted by molar-refractivity contribution is 6.00. The van der Waals surface area contributed by atoms with Crippen LogP contribution in [-0.4, -0.2) is 38.9 Å². The van der Waals surface area contributed by atoms with E-state index in [-0.39, 0.29) is 11.4 Å². The number of hydrogen-bond donors (Lipinski definition) is 2. The number of esters is 1. The zero-order valence-electron chi connectivity index (χ0n) is 10.9. The molecule has 1 aliphatic carbocycles. The number of nitrogens with two attached hydrogens (primary N) is 1. The van der Waals surface area contributed by atoms with Gasteiger partial charge in [-0.3, -0.25) is 4.98 Å². The molecule has 3 N–H and O–H groups in total. The number of nitrogens with zero attached hydrogens (tertiary/aromatic N) is 4. The van der Waals surface area contributed by atoms with E-state index in [4.69, 9.17) is 10.5 Å². The molecule has 20 heavy (non-hydrogen) atoms. The Morgan fingerprint density at radius 2 is 2.30 bits per heavy atom. The van der Waals surface area contributed by atoms with Crippen LogP contribution in [0.15, 0.2) is 18.6 Å². The normalized spacial score (nSPS) is 14.1. The number of nitrogen functional groups attached to an aromatic ring is 1. The third-order valence-electron chi connectivity index (χ3n) is 3.00. The van der Waals surface area contributed by atoms with Crippen LogP contribution in [0.1, 0.15) is 23.2 Å². The summed E-state index contributed by atoms with van der Waals surface area (Å²) in [4.78, 5) is 20.0. The molecule has 2 aromatic rings. The summed E-state index contributed by atoms with van der Waals surface area (Å²) in [7, 11) is 1.31. The molecule has 8 heteroatoms. The number of methoxy groups -OCH3 is 1. The Morgan fingerprint density at radius 3 is 2.90 bits per heavy atom. The van der Waals surface area contributed by atoms with Crippen LogP contribution in [0.4, 0.5) is 11.6 Å². The molecule has 1 fully saturated rings. The van der Waals surface area contributed by atoms with E-state index in [1.54, 1.807) is 6.20 Å². The highest BCUT2D eigenvalue weighted by Gasteiger charge is 2.29. The van der Waals surface area contributed by atoms with Crippen molar-refractivity contribution < 1.29 is 9.53 Å². The first-order valence-electron chi connectivity index (χ1n) is 6.20. The number of carbonyl (C=O) groups is 1. The van der Waals surface area contributed by atoms with Crippen molar-refractivity contribution in [2.75, 3.05) is 18.2 Å². The lowest BCUT2D eigenvalue weighted by Crippen LogP contribution is -2.10. The molecule has 1 saturated carbocycles. The third-order valence-corrected chi connectivity index (χ3v) is 3.00. The van der Waals surface area contributed by atoms with Gasteiger partial charge in [0.2, 0.25) is 0 Å². The smallest absolute Gasteiger partial charge is 0.345 e. The summed E-state index contributed by atoms with van der Waals surface area (Å²) < 4.78 is 6.14. The third kappa shape index (κ3) is 2.15. The highest BCUT2D eigenvalue weighted by Crippen LogP contribution is 2.30. The van der Waals surface area contributed by atoms with Gasteiger partial charge < -0.3 is 15.8 Å². The lowest BCUT2D eigenvalue weighted by molar-refractivity contribution is 0.0603. The second-order valence-corrected chi connectivity index (χ2v) is 4.49. The number of aromatic nitrogens is 4. The van der Waals surface area contributed by atoms with E-state index in [9.17, 15) is 4.79 Å². The number of anilines is 2. The van der Waals surface area contributed by atoms with E-state index in [1.165, 1.54) is 24.2 Å². The van der Waals surface area contributed by atoms with E-state index in [2.05, 4.69) is 20.4 Å². The van der Waals surface area contributed by atoms with Gasteiger partial charge in [0.1, 0.15) is 11.4 Å². The van der Waals surface area contributed by atoms with Crippen molar-refractivity contribution in [1.29, 1.82) is 0 Å². The molecule has 104 valence electrons. The van der Waals surface area contributed by atoms with Gasteiger partial charge in [-0.2, -0.15) is 4.68 Å². The largest absolute Gasteiger partial charge is 0.465 e. The number of hydrogen-bond acceptors (Lipinski definition) is 7. The first-order valence-corrected chi connectivity index (χ1v) is 6.20. The highest BCUT2D eigenvalue weighted by atomic mass is 16.5. The number of ether oxygens (including phenoxy) is 1. The van der Waals surface area contributed by atoms with Gasteiger partial charge in [0.25, 0.3) is 0 Å². The standard InChI is InChI=1S/C12H14N6O2/c1-20-12(19)9-10(13)18(8-6-14-4-5-15-8)17-11(9)16-7-2-3-7/h4-7H,2-3,13H2,1H3,(H,16,17). The van der Waals surface area contributed by atoms with Crippen molar-refractivity contribution in [3.63, 3.8) is 0 Å². The van der Waals surface area contributed by atoms with Gasteiger partial charge >= 0.3 is 5.97 Å². The second kappa shape index (κ2) is 4.80. The molecule has 0 radical (unpaired) electrons. The molecular weight excluding hydrogens is 260 g/mol. The Bertz CT molecular complexity index is 635. The molecule has 2 heterocycles. The summed E-state index contributed by atoms with van der Waals surface area (Å²) in [6, 6.07) is 0.336. The van der Waals surface area contributed by atoms with Crippen molar-refractivity contribution in [3.05, 3.63) is 24.2 Å². The van der Waals surface area contributed by atoms with E-state index >= 15 is 0 Å². The Kier molecular flexibility index (Phi) is 2.97. The molecule has 0 amide bonds. The summed E-state index contributed by atoms with van der Waals surface area (Å²) in [5.41, 5.74) is 6.23. The molecule has 0 spiro atoms. The first kappa shape index (κ1) is 12.4. The summed E-state index contributed by atoms with van der Waals surface area (Å²) in [6.45, 7) is 0. The zero-order valence-corrected chi connectivity index (χ0v) is 10.9. The molecule has 0 unspecified atom stereocenters. The van der Waals surface area contributed by atoms with Crippen LogP contribution in [0.2, 0.25) is 0 Å².